The second kappa shape index (κ2) is 31.9. The van der Waals surface area contributed by atoms with Crippen molar-refractivity contribution in [1.29, 1.82) is 0 Å². The molecule has 5 aromatic rings. The number of likely N-dealkylation sites (N-methyl/N-ethyl adjacent to an activating group) is 1. The van der Waals surface area contributed by atoms with Crippen LogP contribution in [-0.2, 0) is 57.4 Å². The van der Waals surface area contributed by atoms with E-state index in [9.17, 15) is 87.9 Å². The van der Waals surface area contributed by atoms with Gasteiger partial charge in [0.05, 0.1) is 34.7 Å². The van der Waals surface area contributed by atoms with Crippen LogP contribution < -0.4 is 68.2 Å². The molecule has 7 heterocycles. The van der Waals surface area contributed by atoms with E-state index in [2.05, 4.69) is 37.2 Å². The summed E-state index contributed by atoms with van der Waals surface area (Å²) in [6.45, 7) is 5.17. The Balaban J connectivity index is 1.25. The average Bonchev–Trinajstić information content (AvgIpc) is 0.771. The van der Waals surface area contributed by atoms with E-state index in [0.29, 0.717) is 0 Å². The summed E-state index contributed by atoms with van der Waals surface area (Å²) >= 11 is 14.1. The minimum atomic E-state index is -5.51. The van der Waals surface area contributed by atoms with Gasteiger partial charge in [-0.1, -0.05) is 55.2 Å². The van der Waals surface area contributed by atoms with Gasteiger partial charge < -0.3 is 128 Å². The fraction of sp³-hybridized carbons (Fsp3) is 0.426. The predicted octanol–water partition coefficient (Wildman–Crippen LogP) is 0.792. The zero-order chi connectivity index (χ0) is 78.3. The van der Waals surface area contributed by atoms with E-state index in [0.717, 1.165) is 78.9 Å². The number of alkyl halides is 3. The monoisotopic (exact) mass is 1540 g/mol. The molecule has 0 aliphatic carbocycles. The Morgan fingerprint density at radius 3 is 1.90 bits per heavy atom. The molecule has 0 aromatic heterocycles. The number of ether oxygens (including phenoxy) is 6. The molecule has 21 N–H and O–H groups in total. The average molecular weight is 1540 g/mol. The zero-order valence-electron chi connectivity index (χ0n) is 56.9. The number of carboxylic acid groups (broad SMARTS) is 1. The number of aliphatic hydroxyl groups is 5. The highest BCUT2D eigenvalue weighted by atomic mass is 35.5. The van der Waals surface area contributed by atoms with Crippen LogP contribution in [0.1, 0.15) is 105 Å². The SMILES string of the molecule is CN[C@@H](CC(C)C)C(=O)N[C@H]1C(=O)N[C@@H](CC(N)=O)C(=O)N[C@H]2C(=O)NC3C(=O)N[C@H](C(=O)N[C@@H](C(=O)O)c4cc(O)cc(O)c4-c4cc3ccc4O)[C@H](O)c3ccc(c(Cl)c3)Oc3cc2cc(c3OC2OC(CNC(=O)C(F)(F)F)C(O)C(O)C2OC2CC(C)(N)C(O)C(C)O2)Oc2ccc(cc2Cl)[C@H]1O. The van der Waals surface area contributed by atoms with Gasteiger partial charge in [0.15, 0.2) is 29.9 Å². The van der Waals surface area contributed by atoms with Crippen molar-refractivity contribution in [2.24, 2.45) is 17.4 Å². The molecule has 0 spiro atoms. The lowest BCUT2D eigenvalue weighted by Gasteiger charge is -2.47. The van der Waals surface area contributed by atoms with Crippen molar-refractivity contribution in [2.75, 3.05) is 13.6 Å². The normalized spacial score (nSPS) is 28.6. The summed E-state index contributed by atoms with van der Waals surface area (Å²) in [7, 11) is 1.44. The number of carbonyl (C=O) groups excluding carboxylic acids is 8. The lowest BCUT2D eigenvalue weighted by molar-refractivity contribution is -0.330. The van der Waals surface area contributed by atoms with Crippen molar-refractivity contribution in [1.82, 2.24) is 42.5 Å². The summed E-state index contributed by atoms with van der Waals surface area (Å²) in [6, 6.07) is -2.08. The second-order valence-corrected chi connectivity index (χ2v) is 27.6. The lowest BCUT2D eigenvalue weighted by Crippen LogP contribution is -2.65. The Labute approximate surface area is 614 Å². The minimum absolute atomic E-state index is 0.139. The van der Waals surface area contributed by atoms with Gasteiger partial charge in [0.1, 0.15) is 89.5 Å². The first-order valence-electron chi connectivity index (χ1n) is 32.9. The Hall–Kier alpha value is -9.90. The highest BCUT2D eigenvalue weighted by Gasteiger charge is 2.52. The summed E-state index contributed by atoms with van der Waals surface area (Å²) in [5.74, 6) is -19.9. The molecule has 2 fully saturated rings. The van der Waals surface area contributed by atoms with Crippen LogP contribution in [0.15, 0.2) is 78.9 Å². The van der Waals surface area contributed by atoms with E-state index < -0.39 is 265 Å². The first-order chi connectivity index (χ1) is 50.2. The van der Waals surface area contributed by atoms with Gasteiger partial charge in [-0.15, -0.1) is 0 Å². The number of nitrogens with two attached hydrogens (primary N) is 2. The standard InChI is InChI=1S/C68H75Cl2F3N10O24/c1-23(2)12-34(76-5)58(93)82-49-51(88)26-7-10-38(32(69)14-26)103-40-16-28-17-41(55(40)107-65-56(106-44-21-67(4,75)57(92)24(3)102-44)54(91)53(90)42(105-65)22-77-66(101)68(71,72)73)104-39-11-8-27(15-33(39)70)52(89)50-63(98)81-48(64(99)100)31-18-29(84)19-37(86)45(31)30-13-25(6-9-36(30)85)46(60(95)83-50)80-61(96)47(28)79-59(94)35(20-43(74)87)78-62(49)97/h6-11,13-19,23-24,34-35,42,44,46-54,56-57,65,76,84-86,88-92H,12,20-22,75H2,1-5H3,(H2,74,87)(H,77,101)(H,78,97)(H,79,94)(H,80,96)(H,81,98)(H,82,93)(H,83,95)(H,99,100)/t24?,34-,35-,42?,44?,46?,47+,48+,49+,50-,51+,52+,53?,54?,56?,57?,65?,67?/m0/s1. The number of carbonyl (C=O) groups is 9. The molecule has 10 unspecified atom stereocenters. The van der Waals surface area contributed by atoms with Crippen LogP contribution >= 0.6 is 23.2 Å². The van der Waals surface area contributed by atoms with E-state index >= 15 is 14.4 Å². The van der Waals surface area contributed by atoms with E-state index in [1.54, 1.807) is 19.2 Å². The number of aliphatic hydroxyl groups excluding tert-OH is 5. The zero-order valence-corrected chi connectivity index (χ0v) is 58.4. The molecule has 107 heavy (non-hydrogen) atoms. The van der Waals surface area contributed by atoms with Crippen LogP contribution in [0.5, 0.6) is 46.0 Å². The minimum Gasteiger partial charge on any atom is -0.508 e. The third-order valence-corrected chi connectivity index (χ3v) is 18.9. The number of benzene rings is 5. The summed E-state index contributed by atoms with van der Waals surface area (Å²) in [6.07, 6.45) is -26.5. The van der Waals surface area contributed by atoms with Gasteiger partial charge in [-0.3, -0.25) is 38.4 Å². The van der Waals surface area contributed by atoms with Crippen molar-refractivity contribution in [3.63, 3.8) is 0 Å². The third-order valence-electron chi connectivity index (χ3n) is 18.3. The molecule has 12 rings (SSSR count). The summed E-state index contributed by atoms with van der Waals surface area (Å²) < 4.78 is 79.4. The van der Waals surface area contributed by atoms with Crippen molar-refractivity contribution in [2.45, 2.75) is 162 Å². The predicted molar refractivity (Wildman–Crippen MR) is 361 cm³/mol. The number of hydrogen-bond acceptors (Lipinski definition) is 25. The van der Waals surface area contributed by atoms with E-state index in [1.165, 1.54) is 20.9 Å². The number of aliphatic carboxylic acids is 1. The van der Waals surface area contributed by atoms with Gasteiger partial charge >= 0.3 is 18.1 Å². The van der Waals surface area contributed by atoms with Gasteiger partial charge in [0.2, 0.25) is 53.4 Å². The van der Waals surface area contributed by atoms with Crippen LogP contribution in [0.4, 0.5) is 13.2 Å². The van der Waals surface area contributed by atoms with Gasteiger partial charge in [-0.2, -0.15) is 13.2 Å². The number of nitrogens with one attached hydrogen (secondary N) is 8. The highest BCUT2D eigenvalue weighted by Crippen LogP contribution is 2.50. The molecule has 7 aliphatic heterocycles. The molecule has 0 radical (unpaired) electrons. The van der Waals surface area contributed by atoms with Crippen LogP contribution in [0, 0.1) is 5.92 Å². The molecule has 5 aromatic carbocycles. The van der Waals surface area contributed by atoms with E-state index in [1.807, 2.05) is 0 Å². The van der Waals surface area contributed by atoms with Crippen molar-refractivity contribution in [3.05, 3.63) is 117 Å². The van der Waals surface area contributed by atoms with Crippen molar-refractivity contribution in [3.8, 4) is 57.1 Å². The topological polar surface area (TPSA) is 539 Å². The molecule has 2 saturated heterocycles. The molecule has 7 aliphatic rings. The first kappa shape index (κ1) is 79.7. The van der Waals surface area contributed by atoms with Crippen LogP contribution in [0.2, 0.25) is 10.0 Å². The van der Waals surface area contributed by atoms with Crippen molar-refractivity contribution >= 4 is 76.4 Å². The Morgan fingerprint density at radius 1 is 0.720 bits per heavy atom. The summed E-state index contributed by atoms with van der Waals surface area (Å²) in [5, 5.41) is 122. The largest absolute Gasteiger partial charge is 0.508 e. The number of aromatic hydroxyl groups is 3. The molecule has 34 nitrogen and oxygen atoms in total. The van der Waals surface area contributed by atoms with Gasteiger partial charge in [-0.25, -0.2) is 4.79 Å². The quantitative estimate of drug-likeness (QED) is 0.0731. The number of carboxylic acids is 1. The van der Waals surface area contributed by atoms with Gasteiger partial charge in [0, 0.05) is 41.3 Å². The molecule has 39 heteroatoms. The molecular formula is C68H75Cl2F3N10O24. The molecule has 8 amide bonds. The Bertz CT molecular complexity index is 4330. The smallest absolute Gasteiger partial charge is 0.471 e. The molecule has 576 valence electrons. The maximum absolute atomic E-state index is 16.1. The Morgan fingerprint density at radius 2 is 1.32 bits per heavy atom. The first-order valence-corrected chi connectivity index (χ1v) is 33.7. The summed E-state index contributed by atoms with van der Waals surface area (Å²) in [4.78, 5) is 129. The number of primary amides is 1. The van der Waals surface area contributed by atoms with Crippen molar-refractivity contribution < 1.29 is 131 Å². The van der Waals surface area contributed by atoms with E-state index in [-0.39, 0.29) is 29.9 Å². The number of phenolic OH excluding ortho intramolecular Hbond substituents is 3. The number of rotatable bonds is 14. The number of fused-ring (bicyclic) bond motifs is 15. The number of amides is 8. The van der Waals surface area contributed by atoms with E-state index in [4.69, 9.17) is 63.1 Å². The highest BCUT2D eigenvalue weighted by molar-refractivity contribution is 6.32. The fourth-order valence-corrected chi connectivity index (χ4v) is 13.3. The molecule has 11 bridgehead atoms. The second-order valence-electron chi connectivity index (χ2n) is 26.7. The van der Waals surface area contributed by atoms with Crippen LogP contribution in [-0.4, -0.2) is 198 Å². The van der Waals surface area contributed by atoms with Crippen LogP contribution in [0.25, 0.3) is 11.1 Å². The maximum atomic E-state index is 16.1. The maximum Gasteiger partial charge on any atom is 0.471 e. The number of hydrogen-bond donors (Lipinski definition) is 19. The van der Waals surface area contributed by atoms with Crippen LogP contribution in [0.3, 0.4) is 0 Å². The molecule has 18 atom stereocenters. The molecular weight excluding hydrogens is 1470 g/mol. The lowest BCUT2D eigenvalue weighted by atomic mass is 9.86. The number of phenols is 3. The number of halogens is 5. The summed E-state index contributed by atoms with van der Waals surface area (Å²) in [5.41, 5.74) is 7.39. The van der Waals surface area contributed by atoms with Gasteiger partial charge in [0.25, 0.3) is 0 Å². The molecule has 0 saturated carbocycles. The van der Waals surface area contributed by atoms with Gasteiger partial charge in [-0.05, 0) is 110 Å². The Kier molecular flexibility index (Phi) is 23.7. The third kappa shape index (κ3) is 17.4. The fourth-order valence-electron chi connectivity index (χ4n) is 12.8.